The number of hydrogen-bond donors (Lipinski definition) is 1. The zero-order chi connectivity index (χ0) is 23.1. The van der Waals surface area contributed by atoms with Gasteiger partial charge in [-0.3, -0.25) is 9.10 Å². The molecule has 0 bridgehead atoms. The smallest absolute Gasteiger partial charge is 0.264 e. The molecule has 1 amide bonds. The highest BCUT2D eigenvalue weighted by Gasteiger charge is 2.27. The molecule has 168 valence electrons. The first-order valence-corrected chi connectivity index (χ1v) is 11.9. The third kappa shape index (κ3) is 6.02. The van der Waals surface area contributed by atoms with Gasteiger partial charge in [0.05, 0.1) is 17.1 Å². The number of aryl methyl sites for hydroxylation is 2. The first-order chi connectivity index (χ1) is 15.3. The standard InChI is InChI=1S/C24H25ClN2O4S/c1-18-8-13-23(19(2)16-18)31-15-14-26-24(28)17-27(21-11-9-20(25)10-12-21)32(29,30)22-6-4-3-5-7-22/h3-13,16H,14-15,17H2,1-2H3,(H,26,28). The van der Waals surface area contributed by atoms with E-state index in [1.807, 2.05) is 32.0 Å². The summed E-state index contributed by atoms with van der Waals surface area (Å²) in [5, 5.41) is 3.19. The summed E-state index contributed by atoms with van der Waals surface area (Å²) in [5.41, 5.74) is 2.50. The van der Waals surface area contributed by atoms with Gasteiger partial charge in [0.2, 0.25) is 5.91 Å². The molecule has 0 saturated heterocycles. The zero-order valence-electron chi connectivity index (χ0n) is 17.9. The van der Waals surface area contributed by atoms with Crippen LogP contribution < -0.4 is 14.4 Å². The van der Waals surface area contributed by atoms with E-state index < -0.39 is 15.9 Å². The van der Waals surface area contributed by atoms with Crippen molar-refractivity contribution in [2.45, 2.75) is 18.7 Å². The molecule has 0 aliphatic carbocycles. The molecular formula is C24H25ClN2O4S. The molecule has 0 saturated carbocycles. The van der Waals surface area contributed by atoms with Crippen molar-refractivity contribution in [3.8, 4) is 5.75 Å². The number of carbonyl (C=O) groups excluding carboxylic acids is 1. The van der Waals surface area contributed by atoms with Crippen LogP contribution in [0.15, 0.2) is 77.7 Å². The van der Waals surface area contributed by atoms with Gasteiger partial charge in [0.15, 0.2) is 0 Å². The highest BCUT2D eigenvalue weighted by Crippen LogP contribution is 2.25. The number of benzene rings is 3. The lowest BCUT2D eigenvalue weighted by Crippen LogP contribution is -2.41. The number of nitrogens with one attached hydrogen (secondary N) is 1. The molecule has 3 rings (SSSR count). The van der Waals surface area contributed by atoms with E-state index in [0.29, 0.717) is 10.7 Å². The molecule has 8 heteroatoms. The van der Waals surface area contributed by atoms with Gasteiger partial charge >= 0.3 is 0 Å². The molecule has 3 aromatic rings. The van der Waals surface area contributed by atoms with E-state index in [-0.39, 0.29) is 24.6 Å². The average Bonchev–Trinajstić information content (AvgIpc) is 2.77. The Morgan fingerprint density at radius 2 is 1.69 bits per heavy atom. The van der Waals surface area contributed by atoms with Crippen LogP contribution in [-0.2, 0) is 14.8 Å². The third-order valence-corrected chi connectivity index (χ3v) is 6.79. The fourth-order valence-corrected chi connectivity index (χ4v) is 4.71. The lowest BCUT2D eigenvalue weighted by molar-refractivity contribution is -0.119. The average molecular weight is 473 g/mol. The van der Waals surface area contributed by atoms with Gasteiger partial charge in [0, 0.05) is 5.02 Å². The van der Waals surface area contributed by atoms with Crippen molar-refractivity contribution in [2.75, 3.05) is 24.0 Å². The summed E-state index contributed by atoms with van der Waals surface area (Å²) in [6.07, 6.45) is 0. The number of nitrogens with zero attached hydrogens (tertiary/aromatic N) is 1. The summed E-state index contributed by atoms with van der Waals surface area (Å²) in [4.78, 5) is 12.7. The number of rotatable bonds is 9. The van der Waals surface area contributed by atoms with Crippen LogP contribution in [0.25, 0.3) is 0 Å². The number of halogens is 1. The SMILES string of the molecule is Cc1ccc(OCCNC(=O)CN(c2ccc(Cl)cc2)S(=O)(=O)c2ccccc2)c(C)c1. The highest BCUT2D eigenvalue weighted by atomic mass is 35.5. The van der Waals surface area contributed by atoms with Crippen molar-refractivity contribution in [2.24, 2.45) is 0 Å². The molecule has 0 radical (unpaired) electrons. The Hall–Kier alpha value is -3.03. The van der Waals surface area contributed by atoms with Crippen molar-refractivity contribution in [1.29, 1.82) is 0 Å². The number of carbonyl (C=O) groups is 1. The van der Waals surface area contributed by atoms with Crippen molar-refractivity contribution in [3.05, 3.63) is 88.9 Å². The van der Waals surface area contributed by atoms with E-state index in [1.54, 1.807) is 42.5 Å². The van der Waals surface area contributed by atoms with Crippen LogP contribution in [-0.4, -0.2) is 34.0 Å². The molecular weight excluding hydrogens is 448 g/mol. The van der Waals surface area contributed by atoms with Gasteiger partial charge in [0.1, 0.15) is 18.9 Å². The van der Waals surface area contributed by atoms with Gasteiger partial charge in [0.25, 0.3) is 10.0 Å². The second-order valence-corrected chi connectivity index (χ2v) is 9.57. The number of amides is 1. The largest absolute Gasteiger partial charge is 0.491 e. The van der Waals surface area contributed by atoms with Crippen LogP contribution in [0.4, 0.5) is 5.69 Å². The van der Waals surface area contributed by atoms with E-state index in [0.717, 1.165) is 21.2 Å². The minimum Gasteiger partial charge on any atom is -0.491 e. The number of anilines is 1. The Bertz CT molecular complexity index is 1170. The number of hydrogen-bond acceptors (Lipinski definition) is 4. The van der Waals surface area contributed by atoms with Gasteiger partial charge in [-0.05, 0) is 61.9 Å². The molecule has 0 atom stereocenters. The summed E-state index contributed by atoms with van der Waals surface area (Å²) < 4.78 is 33.2. The van der Waals surface area contributed by atoms with Gasteiger partial charge in [-0.2, -0.15) is 0 Å². The molecule has 0 spiro atoms. The fraction of sp³-hybridized carbons (Fsp3) is 0.208. The fourth-order valence-electron chi connectivity index (χ4n) is 3.14. The van der Waals surface area contributed by atoms with Crippen molar-refractivity contribution in [3.63, 3.8) is 0 Å². The summed E-state index contributed by atoms with van der Waals surface area (Å²) in [6, 6.07) is 20.2. The Kier molecular flexibility index (Phi) is 7.77. The maximum Gasteiger partial charge on any atom is 0.264 e. The van der Waals surface area contributed by atoms with Crippen LogP contribution >= 0.6 is 11.6 Å². The molecule has 6 nitrogen and oxygen atoms in total. The predicted molar refractivity (Wildman–Crippen MR) is 127 cm³/mol. The monoisotopic (exact) mass is 472 g/mol. The lowest BCUT2D eigenvalue weighted by atomic mass is 10.1. The molecule has 32 heavy (non-hydrogen) atoms. The van der Waals surface area contributed by atoms with E-state index in [1.165, 1.54) is 12.1 Å². The Labute approximate surface area is 193 Å². The van der Waals surface area contributed by atoms with E-state index in [9.17, 15) is 13.2 Å². The molecule has 0 unspecified atom stereocenters. The summed E-state index contributed by atoms with van der Waals surface area (Å²) >= 11 is 5.95. The van der Waals surface area contributed by atoms with E-state index in [4.69, 9.17) is 16.3 Å². The topological polar surface area (TPSA) is 75.7 Å². The Balaban J connectivity index is 1.68. The molecule has 0 fully saturated rings. The molecule has 0 aliphatic rings. The maximum absolute atomic E-state index is 13.2. The van der Waals surface area contributed by atoms with E-state index in [2.05, 4.69) is 5.32 Å². The van der Waals surface area contributed by atoms with Gasteiger partial charge in [-0.1, -0.05) is 47.5 Å². The molecule has 0 aromatic heterocycles. The lowest BCUT2D eigenvalue weighted by Gasteiger charge is -2.24. The van der Waals surface area contributed by atoms with Crippen molar-refractivity contribution >= 4 is 33.2 Å². The normalized spacial score (nSPS) is 11.1. The van der Waals surface area contributed by atoms with Gasteiger partial charge in [-0.25, -0.2) is 8.42 Å². The molecule has 3 aromatic carbocycles. The highest BCUT2D eigenvalue weighted by molar-refractivity contribution is 7.92. The summed E-state index contributed by atoms with van der Waals surface area (Å²) in [6.45, 7) is 4.10. The number of sulfonamides is 1. The Morgan fingerprint density at radius 3 is 2.34 bits per heavy atom. The maximum atomic E-state index is 13.2. The van der Waals surface area contributed by atoms with Crippen LogP contribution in [0.1, 0.15) is 11.1 Å². The third-order valence-electron chi connectivity index (χ3n) is 4.75. The van der Waals surface area contributed by atoms with Crippen LogP contribution in [0.2, 0.25) is 5.02 Å². The van der Waals surface area contributed by atoms with Crippen LogP contribution in [0, 0.1) is 13.8 Å². The van der Waals surface area contributed by atoms with Crippen LogP contribution in [0.3, 0.4) is 0 Å². The zero-order valence-corrected chi connectivity index (χ0v) is 19.5. The summed E-state index contributed by atoms with van der Waals surface area (Å²) in [5.74, 6) is 0.308. The number of ether oxygens (including phenoxy) is 1. The second kappa shape index (κ2) is 10.5. The minimum atomic E-state index is -3.95. The van der Waals surface area contributed by atoms with Gasteiger partial charge < -0.3 is 10.1 Å². The molecule has 0 heterocycles. The predicted octanol–water partition coefficient (Wildman–Crippen LogP) is 4.35. The Morgan fingerprint density at radius 1 is 1.00 bits per heavy atom. The quantitative estimate of drug-likeness (QED) is 0.470. The molecule has 1 N–H and O–H groups in total. The van der Waals surface area contributed by atoms with E-state index >= 15 is 0 Å². The summed E-state index contributed by atoms with van der Waals surface area (Å²) in [7, 11) is -3.95. The first kappa shape index (κ1) is 23.6. The first-order valence-electron chi connectivity index (χ1n) is 10.1. The molecule has 0 aliphatic heterocycles. The van der Waals surface area contributed by atoms with Crippen molar-refractivity contribution in [1.82, 2.24) is 5.32 Å². The second-order valence-electron chi connectivity index (χ2n) is 7.27. The van der Waals surface area contributed by atoms with Crippen LogP contribution in [0.5, 0.6) is 5.75 Å². The van der Waals surface area contributed by atoms with Crippen molar-refractivity contribution < 1.29 is 17.9 Å². The minimum absolute atomic E-state index is 0.0981. The van der Waals surface area contributed by atoms with Gasteiger partial charge in [-0.15, -0.1) is 0 Å².